The summed E-state index contributed by atoms with van der Waals surface area (Å²) in [6.45, 7) is 4.72. The van der Waals surface area contributed by atoms with E-state index in [4.69, 9.17) is 4.98 Å². The van der Waals surface area contributed by atoms with Gasteiger partial charge in [-0.15, -0.1) is 11.3 Å². The van der Waals surface area contributed by atoms with Gasteiger partial charge in [-0.2, -0.15) is 0 Å². The number of hydrogen-bond donors (Lipinski definition) is 2. The highest BCUT2D eigenvalue weighted by Gasteiger charge is 2.21. The molecule has 2 aromatic rings. The molecule has 1 aliphatic heterocycles. The Bertz CT molecular complexity index is 642. The summed E-state index contributed by atoms with van der Waals surface area (Å²) in [7, 11) is 0. The maximum absolute atomic E-state index is 11.0. The molecule has 1 aliphatic rings. The maximum atomic E-state index is 11.0. The van der Waals surface area contributed by atoms with Crippen molar-refractivity contribution in [3.05, 3.63) is 34.2 Å². The number of aryl methyl sites for hydroxylation is 1. The summed E-state index contributed by atoms with van der Waals surface area (Å²) in [6, 6.07) is 8.28. The number of carbonyl (C=O) groups excluding carboxylic acids is 1. The predicted molar refractivity (Wildman–Crippen MR) is 86.6 cm³/mol. The van der Waals surface area contributed by atoms with Crippen LogP contribution in [0.15, 0.2) is 24.3 Å². The van der Waals surface area contributed by atoms with E-state index in [1.54, 1.807) is 11.3 Å². The highest BCUT2D eigenvalue weighted by Crippen LogP contribution is 2.33. The van der Waals surface area contributed by atoms with Crippen LogP contribution in [0.2, 0.25) is 0 Å². The van der Waals surface area contributed by atoms with E-state index in [0.29, 0.717) is 6.04 Å². The lowest BCUT2D eigenvalue weighted by Gasteiger charge is -2.05. The number of aromatic nitrogens is 1. The Morgan fingerprint density at radius 2 is 2.14 bits per heavy atom. The minimum atomic E-state index is -0.0535. The molecule has 110 valence electrons. The molecule has 0 aliphatic carbocycles. The predicted octanol–water partition coefficient (Wildman–Crippen LogP) is 3.50. The maximum Gasteiger partial charge on any atom is 0.221 e. The van der Waals surface area contributed by atoms with Crippen molar-refractivity contribution in [1.29, 1.82) is 0 Å². The van der Waals surface area contributed by atoms with E-state index in [-0.39, 0.29) is 5.91 Å². The largest absolute Gasteiger partial charge is 0.326 e. The van der Waals surface area contributed by atoms with Gasteiger partial charge in [0.1, 0.15) is 5.01 Å². The molecule has 5 heteroatoms. The molecule has 0 saturated carbocycles. The number of anilines is 1. The van der Waals surface area contributed by atoms with Gasteiger partial charge in [-0.3, -0.25) is 4.79 Å². The van der Waals surface area contributed by atoms with Gasteiger partial charge in [0.25, 0.3) is 0 Å². The first-order valence-corrected chi connectivity index (χ1v) is 8.04. The van der Waals surface area contributed by atoms with Gasteiger partial charge >= 0.3 is 0 Å². The number of hydrogen-bond acceptors (Lipinski definition) is 4. The molecule has 1 atom stereocenters. The Morgan fingerprint density at radius 1 is 1.38 bits per heavy atom. The molecule has 3 rings (SSSR count). The fraction of sp³-hybridized carbons (Fsp3) is 0.375. The van der Waals surface area contributed by atoms with Gasteiger partial charge in [-0.1, -0.05) is 12.1 Å². The van der Waals surface area contributed by atoms with Crippen molar-refractivity contribution in [3.63, 3.8) is 0 Å². The Labute approximate surface area is 128 Å². The molecule has 0 bridgehead atoms. The lowest BCUT2D eigenvalue weighted by atomic mass is 10.1. The van der Waals surface area contributed by atoms with E-state index in [1.165, 1.54) is 29.7 Å². The number of nitrogens with zero attached hydrogens (tertiary/aromatic N) is 1. The van der Waals surface area contributed by atoms with Crippen molar-refractivity contribution < 1.29 is 4.79 Å². The van der Waals surface area contributed by atoms with E-state index >= 15 is 0 Å². The van der Waals surface area contributed by atoms with Crippen molar-refractivity contribution in [2.24, 2.45) is 0 Å². The lowest BCUT2D eigenvalue weighted by Crippen LogP contribution is -2.12. The van der Waals surface area contributed by atoms with Crippen molar-refractivity contribution in [1.82, 2.24) is 10.3 Å². The van der Waals surface area contributed by atoms with E-state index in [2.05, 4.69) is 17.6 Å². The molecule has 2 N–H and O–H groups in total. The number of rotatable bonds is 3. The molecule has 2 heterocycles. The highest BCUT2D eigenvalue weighted by molar-refractivity contribution is 7.12. The average molecular weight is 301 g/mol. The van der Waals surface area contributed by atoms with E-state index in [1.807, 2.05) is 24.3 Å². The topological polar surface area (TPSA) is 54.0 Å². The summed E-state index contributed by atoms with van der Waals surface area (Å²) in [5.41, 5.74) is 2.97. The second-order valence-electron chi connectivity index (χ2n) is 5.36. The van der Waals surface area contributed by atoms with Gasteiger partial charge in [0, 0.05) is 23.1 Å². The summed E-state index contributed by atoms with van der Waals surface area (Å²) in [4.78, 5) is 17.1. The average Bonchev–Trinajstić information content (AvgIpc) is 3.08. The van der Waals surface area contributed by atoms with Gasteiger partial charge in [0.2, 0.25) is 5.91 Å². The van der Waals surface area contributed by atoms with E-state index in [9.17, 15) is 4.79 Å². The smallest absolute Gasteiger partial charge is 0.221 e. The van der Waals surface area contributed by atoms with Gasteiger partial charge in [-0.25, -0.2) is 4.98 Å². The molecule has 1 aromatic heterocycles. The summed E-state index contributed by atoms with van der Waals surface area (Å²) in [5.74, 6) is -0.0535. The Kier molecular flexibility index (Phi) is 4.03. The zero-order valence-corrected chi connectivity index (χ0v) is 13.1. The molecule has 1 fully saturated rings. The molecular formula is C16H19N3OS. The van der Waals surface area contributed by atoms with Crippen LogP contribution in [-0.2, 0) is 4.79 Å². The van der Waals surface area contributed by atoms with E-state index in [0.717, 1.165) is 23.5 Å². The number of thiazole rings is 1. The summed E-state index contributed by atoms with van der Waals surface area (Å²) < 4.78 is 0. The van der Waals surface area contributed by atoms with Crippen molar-refractivity contribution in [2.45, 2.75) is 32.7 Å². The molecule has 4 nitrogen and oxygen atoms in total. The molecule has 0 unspecified atom stereocenters. The second-order valence-corrected chi connectivity index (χ2v) is 6.60. The van der Waals surface area contributed by atoms with Crippen LogP contribution in [0.3, 0.4) is 0 Å². The number of amides is 1. The first kappa shape index (κ1) is 14.2. The fourth-order valence-electron chi connectivity index (χ4n) is 2.64. The van der Waals surface area contributed by atoms with Gasteiger partial charge in [0.15, 0.2) is 0 Å². The van der Waals surface area contributed by atoms with Crippen LogP contribution in [0.1, 0.15) is 35.7 Å². The van der Waals surface area contributed by atoms with E-state index < -0.39 is 0 Å². The zero-order chi connectivity index (χ0) is 14.8. The Balaban J connectivity index is 1.84. The van der Waals surface area contributed by atoms with Crippen molar-refractivity contribution in [2.75, 3.05) is 11.9 Å². The molecule has 0 radical (unpaired) electrons. The number of benzene rings is 1. The molecule has 1 saturated heterocycles. The molecule has 1 aromatic carbocycles. The first-order chi connectivity index (χ1) is 10.1. The molecule has 1 amide bonds. The lowest BCUT2D eigenvalue weighted by molar-refractivity contribution is -0.114. The van der Waals surface area contributed by atoms with Crippen LogP contribution in [0.25, 0.3) is 11.3 Å². The van der Waals surface area contributed by atoms with Crippen LogP contribution in [0, 0.1) is 6.92 Å². The molecular weight excluding hydrogens is 282 g/mol. The van der Waals surface area contributed by atoms with Gasteiger partial charge in [0.05, 0.1) is 11.7 Å². The van der Waals surface area contributed by atoms with Crippen LogP contribution in [0.4, 0.5) is 5.69 Å². The Hall–Kier alpha value is -1.72. The van der Waals surface area contributed by atoms with Gasteiger partial charge in [-0.05, 0) is 38.4 Å². The monoisotopic (exact) mass is 301 g/mol. The van der Waals surface area contributed by atoms with Crippen LogP contribution >= 0.6 is 11.3 Å². The summed E-state index contributed by atoms with van der Waals surface area (Å²) >= 11 is 1.78. The second kappa shape index (κ2) is 5.95. The summed E-state index contributed by atoms with van der Waals surface area (Å²) in [6.07, 6.45) is 2.40. The quantitative estimate of drug-likeness (QED) is 0.912. The minimum Gasteiger partial charge on any atom is -0.326 e. The standard InChI is InChI=1S/C16H19N3OS/c1-10-15(19-16(21-10)14-4-3-9-17-14)12-5-7-13(8-6-12)18-11(2)20/h5-8,14,17H,3-4,9H2,1-2H3,(H,18,20)/t14-/m0/s1. The molecule has 21 heavy (non-hydrogen) atoms. The summed E-state index contributed by atoms with van der Waals surface area (Å²) in [5, 5.41) is 7.46. The third-order valence-electron chi connectivity index (χ3n) is 3.65. The minimum absolute atomic E-state index is 0.0535. The zero-order valence-electron chi connectivity index (χ0n) is 12.3. The van der Waals surface area contributed by atoms with Crippen molar-refractivity contribution in [3.8, 4) is 11.3 Å². The Morgan fingerprint density at radius 3 is 2.76 bits per heavy atom. The van der Waals surface area contributed by atoms with Gasteiger partial charge < -0.3 is 10.6 Å². The number of carbonyl (C=O) groups is 1. The number of nitrogens with one attached hydrogen (secondary N) is 2. The third-order valence-corrected chi connectivity index (χ3v) is 4.73. The normalized spacial score (nSPS) is 17.9. The molecule has 0 spiro atoms. The SMILES string of the molecule is CC(=O)Nc1ccc(-c2nc([C@@H]3CCCN3)sc2C)cc1. The highest BCUT2D eigenvalue weighted by atomic mass is 32.1. The van der Waals surface area contributed by atoms with Crippen molar-refractivity contribution >= 4 is 22.9 Å². The van der Waals surface area contributed by atoms with Crippen LogP contribution in [-0.4, -0.2) is 17.4 Å². The van der Waals surface area contributed by atoms with Crippen LogP contribution in [0.5, 0.6) is 0 Å². The first-order valence-electron chi connectivity index (χ1n) is 7.22. The fourth-order valence-corrected chi connectivity index (χ4v) is 3.70. The third kappa shape index (κ3) is 3.14. The van der Waals surface area contributed by atoms with Crippen LogP contribution < -0.4 is 10.6 Å².